The number of hydrogen-bond donors (Lipinski definition) is 0. The van der Waals surface area contributed by atoms with Crippen LogP contribution in [-0.2, 0) is 6.54 Å². The number of piperidine rings is 1. The van der Waals surface area contributed by atoms with Gasteiger partial charge < -0.3 is 9.32 Å². The molecule has 0 bridgehead atoms. The first-order valence-corrected chi connectivity index (χ1v) is 7.54. The first kappa shape index (κ1) is 12.9. The monoisotopic (exact) mass is 324 g/mol. The maximum atomic E-state index is 11.9. The van der Waals surface area contributed by atoms with E-state index in [9.17, 15) is 4.79 Å². The van der Waals surface area contributed by atoms with Crippen LogP contribution in [0.5, 0.6) is 0 Å². The second kappa shape index (κ2) is 5.51. The van der Waals surface area contributed by atoms with Gasteiger partial charge in [0.1, 0.15) is 0 Å². The largest absolute Gasteiger partial charge is 0.419 e. The second-order valence-corrected chi connectivity index (χ2v) is 5.95. The summed E-state index contributed by atoms with van der Waals surface area (Å²) in [6.07, 6.45) is 3.88. The molecular formula is C14H17BrN2O2. The Morgan fingerprint density at radius 2 is 1.95 bits per heavy atom. The zero-order valence-corrected chi connectivity index (χ0v) is 12.4. The number of nitrogens with zero attached hydrogens (tertiary/aromatic N) is 2. The molecule has 0 radical (unpaired) electrons. The van der Waals surface area contributed by atoms with Crippen LogP contribution < -0.4 is 5.76 Å². The standard InChI is InChI=1S/C14H17BrN2O2/c15-11-4-5-12-13(10-11)19-14(18)17(12)9-8-16-6-2-1-3-7-16/h4-5,10H,1-3,6-9H2. The third-order valence-corrected chi connectivity index (χ3v) is 4.21. The molecule has 1 aliphatic rings. The van der Waals surface area contributed by atoms with Crippen molar-refractivity contribution in [1.29, 1.82) is 0 Å². The van der Waals surface area contributed by atoms with Gasteiger partial charge in [0.25, 0.3) is 0 Å². The quantitative estimate of drug-likeness (QED) is 0.871. The highest BCUT2D eigenvalue weighted by molar-refractivity contribution is 9.10. The predicted molar refractivity (Wildman–Crippen MR) is 78.5 cm³/mol. The summed E-state index contributed by atoms with van der Waals surface area (Å²) in [5, 5.41) is 0. The number of rotatable bonds is 3. The lowest BCUT2D eigenvalue weighted by Gasteiger charge is -2.26. The van der Waals surface area contributed by atoms with Crippen molar-refractivity contribution in [2.45, 2.75) is 25.8 Å². The zero-order chi connectivity index (χ0) is 13.2. The fourth-order valence-corrected chi connectivity index (χ4v) is 3.02. The Balaban J connectivity index is 1.80. The zero-order valence-electron chi connectivity index (χ0n) is 10.8. The van der Waals surface area contributed by atoms with E-state index in [0.29, 0.717) is 12.1 Å². The van der Waals surface area contributed by atoms with Crippen LogP contribution in [0.1, 0.15) is 19.3 Å². The lowest BCUT2D eigenvalue weighted by atomic mass is 10.1. The van der Waals surface area contributed by atoms with E-state index in [0.717, 1.165) is 29.6 Å². The first-order chi connectivity index (χ1) is 9.24. The molecule has 1 aliphatic heterocycles. The van der Waals surface area contributed by atoms with Crippen LogP contribution >= 0.6 is 15.9 Å². The number of likely N-dealkylation sites (tertiary alicyclic amines) is 1. The van der Waals surface area contributed by atoms with E-state index < -0.39 is 0 Å². The Morgan fingerprint density at radius 1 is 1.16 bits per heavy atom. The molecule has 0 amide bonds. The smallest absolute Gasteiger partial charge is 0.408 e. The van der Waals surface area contributed by atoms with Crippen LogP contribution in [0, 0.1) is 0 Å². The molecule has 19 heavy (non-hydrogen) atoms. The molecule has 1 fully saturated rings. The number of benzene rings is 1. The Bertz CT molecular complexity index is 626. The number of fused-ring (bicyclic) bond motifs is 1. The molecule has 4 nitrogen and oxygen atoms in total. The van der Waals surface area contributed by atoms with Crippen LogP contribution in [-0.4, -0.2) is 29.1 Å². The highest BCUT2D eigenvalue weighted by atomic mass is 79.9. The van der Waals surface area contributed by atoms with Crippen molar-refractivity contribution in [3.8, 4) is 0 Å². The Hall–Kier alpha value is -1.07. The molecule has 2 aromatic rings. The van der Waals surface area contributed by atoms with Gasteiger partial charge in [-0.3, -0.25) is 4.57 Å². The van der Waals surface area contributed by atoms with Gasteiger partial charge in [-0.15, -0.1) is 0 Å². The van der Waals surface area contributed by atoms with E-state index in [2.05, 4.69) is 20.8 Å². The van der Waals surface area contributed by atoms with E-state index in [1.165, 1.54) is 19.3 Å². The van der Waals surface area contributed by atoms with Gasteiger partial charge in [0.05, 0.1) is 5.52 Å². The van der Waals surface area contributed by atoms with Crippen LogP contribution in [0.15, 0.2) is 31.9 Å². The van der Waals surface area contributed by atoms with Crippen molar-refractivity contribution >= 4 is 27.0 Å². The van der Waals surface area contributed by atoms with Gasteiger partial charge >= 0.3 is 5.76 Å². The predicted octanol–water partition coefficient (Wildman–Crippen LogP) is 2.84. The number of aromatic nitrogens is 1. The highest BCUT2D eigenvalue weighted by Gasteiger charge is 2.13. The normalized spacial score (nSPS) is 17.1. The average Bonchev–Trinajstić information content (AvgIpc) is 2.72. The lowest BCUT2D eigenvalue weighted by Crippen LogP contribution is -2.33. The average molecular weight is 325 g/mol. The lowest BCUT2D eigenvalue weighted by molar-refractivity contribution is 0.219. The van der Waals surface area contributed by atoms with Crippen LogP contribution in [0.2, 0.25) is 0 Å². The molecule has 0 unspecified atom stereocenters. The third-order valence-electron chi connectivity index (χ3n) is 3.72. The molecule has 0 aliphatic carbocycles. The van der Waals surface area contributed by atoms with Gasteiger partial charge in [-0.2, -0.15) is 0 Å². The minimum absolute atomic E-state index is 0.259. The molecule has 0 atom stereocenters. The second-order valence-electron chi connectivity index (χ2n) is 5.03. The summed E-state index contributed by atoms with van der Waals surface area (Å²) in [5.41, 5.74) is 1.53. The molecule has 0 saturated carbocycles. The molecule has 5 heteroatoms. The Labute approximate surface area is 120 Å². The summed E-state index contributed by atoms with van der Waals surface area (Å²) >= 11 is 3.39. The van der Waals surface area contributed by atoms with Gasteiger partial charge in [0, 0.05) is 17.6 Å². The molecule has 0 spiro atoms. The van der Waals surface area contributed by atoms with Crippen molar-refractivity contribution in [3.63, 3.8) is 0 Å². The van der Waals surface area contributed by atoms with E-state index in [4.69, 9.17) is 4.42 Å². The summed E-state index contributed by atoms with van der Waals surface area (Å²) in [5.74, 6) is -0.259. The van der Waals surface area contributed by atoms with Crippen LogP contribution in [0.25, 0.3) is 11.1 Å². The minimum Gasteiger partial charge on any atom is -0.408 e. The summed E-state index contributed by atoms with van der Waals surface area (Å²) < 4.78 is 7.94. The molecule has 1 saturated heterocycles. The number of oxazole rings is 1. The van der Waals surface area contributed by atoms with Gasteiger partial charge in [0.2, 0.25) is 0 Å². The fraction of sp³-hybridized carbons (Fsp3) is 0.500. The van der Waals surface area contributed by atoms with Crippen LogP contribution in [0.4, 0.5) is 0 Å². The summed E-state index contributed by atoms with van der Waals surface area (Å²) in [6.45, 7) is 3.92. The molecule has 2 heterocycles. The molecular weight excluding hydrogens is 308 g/mol. The minimum atomic E-state index is -0.259. The maximum Gasteiger partial charge on any atom is 0.419 e. The van der Waals surface area contributed by atoms with E-state index in [1.54, 1.807) is 4.57 Å². The maximum absolute atomic E-state index is 11.9. The molecule has 102 valence electrons. The molecule has 0 N–H and O–H groups in total. The SMILES string of the molecule is O=c1oc2cc(Br)ccc2n1CCN1CCCCC1. The van der Waals surface area contributed by atoms with Crippen molar-refractivity contribution in [2.75, 3.05) is 19.6 Å². The highest BCUT2D eigenvalue weighted by Crippen LogP contribution is 2.19. The van der Waals surface area contributed by atoms with E-state index >= 15 is 0 Å². The van der Waals surface area contributed by atoms with E-state index in [-0.39, 0.29) is 5.76 Å². The Morgan fingerprint density at radius 3 is 2.74 bits per heavy atom. The van der Waals surface area contributed by atoms with Gasteiger partial charge in [-0.1, -0.05) is 22.4 Å². The summed E-state index contributed by atoms with van der Waals surface area (Å²) in [7, 11) is 0. The van der Waals surface area contributed by atoms with Crippen molar-refractivity contribution in [2.24, 2.45) is 0 Å². The van der Waals surface area contributed by atoms with Crippen LogP contribution in [0.3, 0.4) is 0 Å². The summed E-state index contributed by atoms with van der Waals surface area (Å²) in [6, 6.07) is 5.71. The molecule has 1 aromatic heterocycles. The first-order valence-electron chi connectivity index (χ1n) is 6.75. The van der Waals surface area contributed by atoms with Crippen molar-refractivity contribution in [3.05, 3.63) is 33.2 Å². The molecule has 1 aromatic carbocycles. The Kier molecular flexibility index (Phi) is 3.75. The number of halogens is 1. The topological polar surface area (TPSA) is 38.4 Å². The van der Waals surface area contributed by atoms with Crippen molar-refractivity contribution < 1.29 is 4.42 Å². The van der Waals surface area contributed by atoms with E-state index in [1.807, 2.05) is 18.2 Å². The van der Waals surface area contributed by atoms with Gasteiger partial charge in [0.15, 0.2) is 5.58 Å². The van der Waals surface area contributed by atoms with Gasteiger partial charge in [-0.05, 0) is 44.1 Å². The summed E-state index contributed by atoms with van der Waals surface area (Å²) in [4.78, 5) is 14.3. The third kappa shape index (κ3) is 2.77. The molecule has 3 rings (SSSR count). The number of hydrogen-bond acceptors (Lipinski definition) is 3. The fourth-order valence-electron chi connectivity index (χ4n) is 2.68. The van der Waals surface area contributed by atoms with Crippen molar-refractivity contribution in [1.82, 2.24) is 9.47 Å². The van der Waals surface area contributed by atoms with Gasteiger partial charge in [-0.25, -0.2) is 4.79 Å².